The van der Waals surface area contributed by atoms with Crippen molar-refractivity contribution in [1.29, 1.82) is 0 Å². The second-order valence-corrected chi connectivity index (χ2v) is 5.66. The Morgan fingerprint density at radius 1 is 1.30 bits per heavy atom. The molecule has 10 heavy (non-hydrogen) atoms. The van der Waals surface area contributed by atoms with Crippen LogP contribution >= 0.6 is 0 Å². The first kappa shape index (κ1) is 8.88. The normalized spacial score (nSPS) is 20.1. The summed E-state index contributed by atoms with van der Waals surface area (Å²) in [4.78, 5) is 0. The van der Waals surface area contributed by atoms with Crippen LogP contribution in [0.4, 0.5) is 0 Å². The van der Waals surface area contributed by atoms with Crippen LogP contribution in [0.15, 0.2) is 0 Å². The Balaban J connectivity index is 1.91. The fraction of sp³-hybridized carbons (Fsp3) is 0.444. The zero-order valence-corrected chi connectivity index (χ0v) is 8.67. The molecule has 55 valence electrons. The first-order chi connectivity index (χ1) is 4.93. The van der Waals surface area contributed by atoms with Crippen molar-refractivity contribution in [2.24, 2.45) is 0 Å². The Bertz CT molecular complexity index is 74.8. The van der Waals surface area contributed by atoms with Gasteiger partial charge in [-0.3, -0.25) is 0 Å². The predicted molar refractivity (Wildman–Crippen MR) is 45.9 cm³/mol. The van der Waals surface area contributed by atoms with Gasteiger partial charge >= 0.3 is 74.8 Å². The molecule has 0 saturated heterocycles. The third kappa shape index (κ3) is 3.26. The van der Waals surface area contributed by atoms with Crippen LogP contribution in [0.3, 0.4) is 0 Å². The Morgan fingerprint density at radius 2 is 2.00 bits per heavy atom. The molecule has 1 saturated carbocycles. The van der Waals surface area contributed by atoms with Crippen molar-refractivity contribution in [2.45, 2.75) is 24.2 Å². The van der Waals surface area contributed by atoms with Gasteiger partial charge in [-0.15, -0.1) is 0 Å². The van der Waals surface area contributed by atoms with Gasteiger partial charge in [0.2, 0.25) is 0 Å². The van der Waals surface area contributed by atoms with Gasteiger partial charge in [0.1, 0.15) is 0 Å². The molecular formula is C9H13Te. The molecule has 5 radical (unpaired) electrons. The molecule has 1 rings (SSSR count). The van der Waals surface area contributed by atoms with Crippen molar-refractivity contribution in [3.05, 3.63) is 29.6 Å². The van der Waals surface area contributed by atoms with E-state index in [0.29, 0.717) is 0 Å². The maximum atomic E-state index is 2.26. The summed E-state index contributed by atoms with van der Waals surface area (Å²) >= 11 is 0.193. The molecule has 0 aromatic heterocycles. The van der Waals surface area contributed by atoms with Crippen LogP contribution in [0.25, 0.3) is 0 Å². The summed E-state index contributed by atoms with van der Waals surface area (Å²) in [5.41, 5.74) is 0. The second-order valence-electron chi connectivity index (χ2n) is 2.32. The fourth-order valence-electron chi connectivity index (χ4n) is 0.787. The van der Waals surface area contributed by atoms with Crippen LogP contribution in [0, 0.1) is 29.6 Å². The van der Waals surface area contributed by atoms with E-state index in [-0.39, 0.29) is 20.9 Å². The van der Waals surface area contributed by atoms with Gasteiger partial charge in [0.25, 0.3) is 0 Å². The summed E-state index contributed by atoms with van der Waals surface area (Å²) in [5.74, 6) is 0. The van der Waals surface area contributed by atoms with Gasteiger partial charge in [-0.1, -0.05) is 0 Å². The number of hydrogen-bond acceptors (Lipinski definition) is 0. The summed E-state index contributed by atoms with van der Waals surface area (Å²) in [6.07, 6.45) is 11.6. The molecule has 0 aliphatic heterocycles. The monoisotopic (exact) mass is 251 g/mol. The Kier molecular flexibility index (Phi) is 4.83. The quantitative estimate of drug-likeness (QED) is 0.529. The molecule has 1 aliphatic carbocycles. The van der Waals surface area contributed by atoms with E-state index < -0.39 is 0 Å². The van der Waals surface area contributed by atoms with Crippen LogP contribution in [-0.4, -0.2) is 20.9 Å². The molecule has 1 aliphatic rings. The van der Waals surface area contributed by atoms with E-state index >= 15 is 0 Å². The molecule has 0 nitrogen and oxygen atoms in total. The zero-order valence-electron chi connectivity index (χ0n) is 6.34. The number of hydrogen-bond donors (Lipinski definition) is 0. The summed E-state index contributed by atoms with van der Waals surface area (Å²) in [6, 6.07) is 0. The molecule has 0 aromatic carbocycles. The van der Waals surface area contributed by atoms with Crippen molar-refractivity contribution in [3.8, 4) is 0 Å². The van der Waals surface area contributed by atoms with E-state index in [1.807, 2.05) is 0 Å². The van der Waals surface area contributed by atoms with Gasteiger partial charge in [-0.2, -0.15) is 0 Å². The van der Waals surface area contributed by atoms with Gasteiger partial charge in [0, 0.05) is 0 Å². The minimum atomic E-state index is 0.193. The van der Waals surface area contributed by atoms with Gasteiger partial charge in [0.15, 0.2) is 0 Å². The molecule has 0 bridgehead atoms. The van der Waals surface area contributed by atoms with Crippen molar-refractivity contribution in [2.75, 3.05) is 0 Å². The van der Waals surface area contributed by atoms with E-state index in [1.165, 1.54) is 17.3 Å². The standard InChI is InChI=1S/C9H13Te/c1-2-3-8-10-9-6-4-5-7-9/h4-7H,2-3,8H2,1H3. The average Bonchev–Trinajstić information content (AvgIpc) is 2.41. The predicted octanol–water partition coefficient (Wildman–Crippen LogP) is 2.27. The third-order valence-electron chi connectivity index (χ3n) is 1.40. The van der Waals surface area contributed by atoms with Gasteiger partial charge in [-0.05, 0) is 0 Å². The van der Waals surface area contributed by atoms with Crippen LogP contribution in [-0.2, 0) is 0 Å². The van der Waals surface area contributed by atoms with Gasteiger partial charge in [-0.25, -0.2) is 0 Å². The maximum absolute atomic E-state index is 2.26. The fourth-order valence-corrected chi connectivity index (χ4v) is 3.69. The van der Waals surface area contributed by atoms with E-state index in [9.17, 15) is 0 Å². The topological polar surface area (TPSA) is 0 Å². The number of rotatable bonds is 4. The number of unbranched alkanes of at least 4 members (excludes halogenated alkanes) is 1. The third-order valence-corrected chi connectivity index (χ3v) is 4.53. The van der Waals surface area contributed by atoms with Crippen LogP contribution in [0.5, 0.6) is 0 Å². The van der Waals surface area contributed by atoms with Crippen molar-refractivity contribution in [3.63, 3.8) is 0 Å². The van der Waals surface area contributed by atoms with E-state index in [2.05, 4.69) is 32.6 Å². The van der Waals surface area contributed by atoms with Crippen LogP contribution in [0.2, 0.25) is 4.47 Å². The average molecular weight is 249 g/mol. The summed E-state index contributed by atoms with van der Waals surface area (Å²) in [7, 11) is 0. The Labute approximate surface area is 74.9 Å². The minimum absolute atomic E-state index is 0.193. The van der Waals surface area contributed by atoms with E-state index in [1.54, 1.807) is 3.97 Å². The SMILES string of the molecule is CCCC[Te][C]1[CH][CH][CH][CH]1. The zero-order chi connectivity index (χ0) is 7.23. The van der Waals surface area contributed by atoms with E-state index in [0.717, 1.165) is 0 Å². The van der Waals surface area contributed by atoms with Crippen molar-refractivity contribution in [1.82, 2.24) is 0 Å². The molecular weight excluding hydrogens is 236 g/mol. The van der Waals surface area contributed by atoms with E-state index in [4.69, 9.17) is 0 Å². The molecule has 0 atom stereocenters. The van der Waals surface area contributed by atoms with Crippen LogP contribution in [0.1, 0.15) is 19.8 Å². The molecule has 0 spiro atoms. The molecule has 1 fully saturated rings. The van der Waals surface area contributed by atoms with Gasteiger partial charge < -0.3 is 0 Å². The summed E-state index contributed by atoms with van der Waals surface area (Å²) in [5, 5.41) is 0. The molecule has 1 heteroatoms. The van der Waals surface area contributed by atoms with Crippen LogP contribution < -0.4 is 0 Å². The molecule has 0 unspecified atom stereocenters. The van der Waals surface area contributed by atoms with Gasteiger partial charge in [0.05, 0.1) is 0 Å². The first-order valence-electron chi connectivity index (χ1n) is 3.78. The molecule has 0 aromatic rings. The Morgan fingerprint density at radius 3 is 2.60 bits per heavy atom. The first-order valence-corrected chi connectivity index (χ1v) is 6.59. The van der Waals surface area contributed by atoms with Crippen molar-refractivity contribution < 1.29 is 0 Å². The summed E-state index contributed by atoms with van der Waals surface area (Å²) < 4.78 is 3.10. The Hall–Kier alpha value is 0.790. The molecule has 0 amide bonds. The second kappa shape index (κ2) is 5.44. The van der Waals surface area contributed by atoms with Crippen molar-refractivity contribution >= 4 is 20.9 Å². The molecule has 0 N–H and O–H groups in total. The summed E-state index contributed by atoms with van der Waals surface area (Å²) in [6.45, 7) is 2.26. The molecule has 0 heterocycles.